The van der Waals surface area contributed by atoms with Crippen LogP contribution in [-0.2, 0) is 4.79 Å². The second-order valence-electron chi connectivity index (χ2n) is 3.70. The van der Waals surface area contributed by atoms with Gasteiger partial charge in [-0.2, -0.15) is 0 Å². The Hall–Kier alpha value is -1.35. The quantitative estimate of drug-likeness (QED) is 0.792. The van der Waals surface area contributed by atoms with Crippen LogP contribution in [0.2, 0.25) is 0 Å². The zero-order chi connectivity index (χ0) is 11.3. The van der Waals surface area contributed by atoms with Crippen LogP contribution in [0.25, 0.3) is 0 Å². The molecule has 0 heterocycles. The number of para-hydroxylation sites is 1. The van der Waals surface area contributed by atoms with Crippen molar-refractivity contribution in [2.45, 2.75) is 32.7 Å². The van der Waals surface area contributed by atoms with Crippen LogP contribution in [0, 0.1) is 6.92 Å². The smallest absolute Gasteiger partial charge is 0.241 e. The first-order chi connectivity index (χ1) is 7.15. The summed E-state index contributed by atoms with van der Waals surface area (Å²) in [5.74, 6) is -0.105. The van der Waals surface area contributed by atoms with Crippen molar-refractivity contribution >= 4 is 11.6 Å². The molecule has 3 nitrogen and oxygen atoms in total. The molecule has 0 radical (unpaired) electrons. The fraction of sp³-hybridized carbons (Fsp3) is 0.417. The van der Waals surface area contributed by atoms with Gasteiger partial charge in [-0.1, -0.05) is 31.5 Å². The van der Waals surface area contributed by atoms with E-state index in [0.29, 0.717) is 0 Å². The number of aryl methyl sites for hydroxylation is 1. The number of anilines is 1. The van der Waals surface area contributed by atoms with Crippen molar-refractivity contribution in [2.24, 2.45) is 5.73 Å². The molecule has 1 atom stereocenters. The molecule has 1 unspecified atom stereocenters. The Morgan fingerprint density at radius 2 is 2.13 bits per heavy atom. The standard InChI is InChI=1S/C12H18N2O/c1-3-6-10(13)12(15)14-11-8-5-4-7-9(11)2/h4-5,7-8,10H,3,6,13H2,1-2H3,(H,14,15). The first-order valence-electron chi connectivity index (χ1n) is 5.27. The minimum Gasteiger partial charge on any atom is -0.324 e. The van der Waals surface area contributed by atoms with Crippen molar-refractivity contribution in [3.63, 3.8) is 0 Å². The Bertz CT molecular complexity index is 336. The Balaban J connectivity index is 2.62. The molecule has 1 amide bonds. The number of rotatable bonds is 4. The van der Waals surface area contributed by atoms with E-state index >= 15 is 0 Å². The van der Waals surface area contributed by atoms with E-state index in [-0.39, 0.29) is 5.91 Å². The lowest BCUT2D eigenvalue weighted by Crippen LogP contribution is -2.35. The van der Waals surface area contributed by atoms with Gasteiger partial charge in [-0.05, 0) is 25.0 Å². The number of nitrogens with two attached hydrogens (primary N) is 1. The summed E-state index contributed by atoms with van der Waals surface area (Å²) in [5, 5.41) is 2.83. The molecule has 0 aliphatic carbocycles. The molecular formula is C12H18N2O. The highest BCUT2D eigenvalue weighted by molar-refractivity contribution is 5.95. The van der Waals surface area contributed by atoms with E-state index in [2.05, 4.69) is 5.32 Å². The molecule has 0 aliphatic heterocycles. The molecule has 1 aromatic rings. The number of hydrogen-bond donors (Lipinski definition) is 2. The molecule has 3 N–H and O–H groups in total. The van der Waals surface area contributed by atoms with Crippen molar-refractivity contribution in [3.8, 4) is 0 Å². The van der Waals surface area contributed by atoms with Crippen molar-refractivity contribution in [2.75, 3.05) is 5.32 Å². The number of carbonyl (C=O) groups excluding carboxylic acids is 1. The van der Waals surface area contributed by atoms with E-state index in [4.69, 9.17) is 5.73 Å². The summed E-state index contributed by atoms with van der Waals surface area (Å²) < 4.78 is 0. The summed E-state index contributed by atoms with van der Waals surface area (Å²) in [5.41, 5.74) is 7.61. The van der Waals surface area contributed by atoms with E-state index in [9.17, 15) is 4.79 Å². The molecule has 15 heavy (non-hydrogen) atoms. The lowest BCUT2D eigenvalue weighted by molar-refractivity contribution is -0.117. The van der Waals surface area contributed by atoms with Crippen LogP contribution in [0.5, 0.6) is 0 Å². The third-order valence-electron chi connectivity index (χ3n) is 2.34. The maximum atomic E-state index is 11.6. The molecule has 0 bridgehead atoms. The number of nitrogens with one attached hydrogen (secondary N) is 1. The Morgan fingerprint density at radius 3 is 2.73 bits per heavy atom. The molecule has 0 fully saturated rings. The van der Waals surface area contributed by atoms with Gasteiger partial charge in [0.1, 0.15) is 0 Å². The fourth-order valence-electron chi connectivity index (χ4n) is 1.38. The highest BCUT2D eigenvalue weighted by Gasteiger charge is 2.12. The van der Waals surface area contributed by atoms with E-state index in [1.54, 1.807) is 0 Å². The average molecular weight is 206 g/mol. The van der Waals surface area contributed by atoms with Gasteiger partial charge in [0.15, 0.2) is 0 Å². The number of benzene rings is 1. The molecule has 1 aromatic carbocycles. The normalized spacial score (nSPS) is 12.2. The molecule has 1 rings (SSSR count). The first kappa shape index (κ1) is 11.7. The number of amides is 1. The van der Waals surface area contributed by atoms with E-state index in [1.165, 1.54) is 0 Å². The van der Waals surface area contributed by atoms with Crippen LogP contribution in [0.4, 0.5) is 5.69 Å². The lowest BCUT2D eigenvalue weighted by Gasteiger charge is -2.12. The highest BCUT2D eigenvalue weighted by Crippen LogP contribution is 2.13. The molecular weight excluding hydrogens is 188 g/mol. The maximum absolute atomic E-state index is 11.6. The average Bonchev–Trinajstić information content (AvgIpc) is 2.21. The topological polar surface area (TPSA) is 55.1 Å². The molecule has 0 spiro atoms. The predicted molar refractivity (Wildman–Crippen MR) is 62.7 cm³/mol. The molecule has 0 aromatic heterocycles. The minimum atomic E-state index is -0.408. The van der Waals surface area contributed by atoms with Crippen LogP contribution >= 0.6 is 0 Å². The fourth-order valence-corrected chi connectivity index (χ4v) is 1.38. The van der Waals surface area contributed by atoms with Crippen LogP contribution in [-0.4, -0.2) is 11.9 Å². The summed E-state index contributed by atoms with van der Waals surface area (Å²) in [4.78, 5) is 11.6. The number of carbonyl (C=O) groups is 1. The Labute approximate surface area is 90.7 Å². The van der Waals surface area contributed by atoms with Gasteiger partial charge in [0.05, 0.1) is 6.04 Å². The lowest BCUT2D eigenvalue weighted by atomic mass is 10.1. The molecule has 82 valence electrons. The monoisotopic (exact) mass is 206 g/mol. The van der Waals surface area contributed by atoms with Gasteiger partial charge in [0.2, 0.25) is 5.91 Å². The van der Waals surface area contributed by atoms with Gasteiger partial charge < -0.3 is 11.1 Å². The summed E-state index contributed by atoms with van der Waals surface area (Å²) >= 11 is 0. The third-order valence-corrected chi connectivity index (χ3v) is 2.34. The molecule has 0 saturated heterocycles. The van der Waals surface area contributed by atoms with Crippen molar-refractivity contribution in [3.05, 3.63) is 29.8 Å². The Morgan fingerprint density at radius 1 is 1.47 bits per heavy atom. The van der Waals surface area contributed by atoms with Gasteiger partial charge in [-0.3, -0.25) is 4.79 Å². The molecule has 0 saturated carbocycles. The summed E-state index contributed by atoms with van der Waals surface area (Å²) in [6.07, 6.45) is 1.64. The van der Waals surface area contributed by atoms with Crippen molar-refractivity contribution in [1.82, 2.24) is 0 Å². The molecule has 0 aliphatic rings. The van der Waals surface area contributed by atoms with Gasteiger partial charge >= 0.3 is 0 Å². The van der Waals surface area contributed by atoms with Crippen molar-refractivity contribution < 1.29 is 4.79 Å². The van der Waals surface area contributed by atoms with E-state index in [1.807, 2.05) is 38.1 Å². The first-order valence-corrected chi connectivity index (χ1v) is 5.27. The summed E-state index contributed by atoms with van der Waals surface area (Å²) in [6, 6.07) is 7.27. The summed E-state index contributed by atoms with van der Waals surface area (Å²) in [6.45, 7) is 3.97. The van der Waals surface area contributed by atoms with Crippen molar-refractivity contribution in [1.29, 1.82) is 0 Å². The van der Waals surface area contributed by atoms with E-state index < -0.39 is 6.04 Å². The van der Waals surface area contributed by atoms with Gasteiger partial charge in [0, 0.05) is 5.69 Å². The van der Waals surface area contributed by atoms with Crippen LogP contribution in [0.1, 0.15) is 25.3 Å². The van der Waals surface area contributed by atoms with E-state index in [0.717, 1.165) is 24.1 Å². The maximum Gasteiger partial charge on any atom is 0.241 e. The third kappa shape index (κ3) is 3.36. The van der Waals surface area contributed by atoms with Gasteiger partial charge in [0.25, 0.3) is 0 Å². The zero-order valence-corrected chi connectivity index (χ0v) is 9.29. The number of hydrogen-bond acceptors (Lipinski definition) is 2. The Kier molecular flexibility index (Phi) is 4.31. The predicted octanol–water partition coefficient (Wildman–Crippen LogP) is 2.06. The summed E-state index contributed by atoms with van der Waals surface area (Å²) in [7, 11) is 0. The zero-order valence-electron chi connectivity index (χ0n) is 9.29. The second kappa shape index (κ2) is 5.51. The van der Waals surface area contributed by atoms with Crippen LogP contribution in [0.3, 0.4) is 0 Å². The minimum absolute atomic E-state index is 0.105. The second-order valence-corrected chi connectivity index (χ2v) is 3.70. The molecule has 3 heteroatoms. The largest absolute Gasteiger partial charge is 0.324 e. The SMILES string of the molecule is CCCC(N)C(=O)Nc1ccccc1C. The van der Waals surface area contributed by atoms with Crippen LogP contribution < -0.4 is 11.1 Å². The van der Waals surface area contributed by atoms with Crippen LogP contribution in [0.15, 0.2) is 24.3 Å². The van der Waals surface area contributed by atoms with Gasteiger partial charge in [-0.25, -0.2) is 0 Å². The van der Waals surface area contributed by atoms with Gasteiger partial charge in [-0.15, -0.1) is 0 Å². The highest BCUT2D eigenvalue weighted by atomic mass is 16.2.